The lowest BCUT2D eigenvalue weighted by atomic mass is 10.0. The van der Waals surface area contributed by atoms with Gasteiger partial charge in [0.05, 0.1) is 31.8 Å². The van der Waals surface area contributed by atoms with E-state index >= 15 is 0 Å². The lowest BCUT2D eigenvalue weighted by molar-refractivity contribution is 0.391. The number of methoxy groups -OCH3 is 2. The fourth-order valence-corrected chi connectivity index (χ4v) is 4.20. The SMILES string of the molecule is [B]N(Cc1ccc(OC)cc1OC)c1nc(N=C(c2ccccc2)c2ccccc2)cc2c1ncn2C. The number of aromatic nitrogens is 3. The summed E-state index contributed by atoms with van der Waals surface area (Å²) in [6.45, 7) is 0.350. The second kappa shape index (κ2) is 10.6. The molecule has 0 unspecified atom stereocenters. The summed E-state index contributed by atoms with van der Waals surface area (Å²) in [7, 11) is 11.8. The third-order valence-corrected chi connectivity index (χ3v) is 6.11. The Morgan fingerprint density at radius 3 is 2.22 bits per heavy atom. The average molecular weight is 487 g/mol. The Kier molecular flexibility index (Phi) is 6.90. The molecule has 0 atom stereocenters. The van der Waals surface area contributed by atoms with Gasteiger partial charge in [0, 0.05) is 42.4 Å². The topological polar surface area (TPSA) is 64.8 Å². The van der Waals surface area contributed by atoms with Gasteiger partial charge in [-0.2, -0.15) is 0 Å². The van der Waals surface area contributed by atoms with Crippen LogP contribution in [0.4, 0.5) is 11.6 Å². The van der Waals surface area contributed by atoms with Gasteiger partial charge in [-0.05, 0) is 12.1 Å². The fraction of sp³-hybridized carbons (Fsp3) is 0.138. The van der Waals surface area contributed by atoms with Gasteiger partial charge in [-0.15, -0.1) is 0 Å². The van der Waals surface area contributed by atoms with E-state index in [-0.39, 0.29) is 0 Å². The number of imidazole rings is 1. The molecule has 7 nitrogen and oxygen atoms in total. The van der Waals surface area contributed by atoms with Crippen LogP contribution in [0.1, 0.15) is 16.7 Å². The van der Waals surface area contributed by atoms with Crippen molar-refractivity contribution < 1.29 is 9.47 Å². The van der Waals surface area contributed by atoms with Crippen molar-refractivity contribution in [3.05, 3.63) is 108 Å². The maximum Gasteiger partial charge on any atom is 0.229 e. The molecule has 0 aliphatic heterocycles. The van der Waals surface area contributed by atoms with Crippen molar-refractivity contribution >= 4 is 36.4 Å². The number of hydrogen-bond donors (Lipinski definition) is 0. The van der Waals surface area contributed by atoms with Gasteiger partial charge >= 0.3 is 0 Å². The van der Waals surface area contributed by atoms with Gasteiger partial charge in [0.2, 0.25) is 7.98 Å². The minimum absolute atomic E-state index is 0.350. The van der Waals surface area contributed by atoms with Crippen LogP contribution in [0.5, 0.6) is 11.5 Å². The summed E-state index contributed by atoms with van der Waals surface area (Å²) in [4.78, 5) is 16.0. The van der Waals surface area contributed by atoms with Crippen LogP contribution in [0, 0.1) is 0 Å². The molecular formula is C29H26BN5O2. The first-order valence-electron chi connectivity index (χ1n) is 11.8. The van der Waals surface area contributed by atoms with Gasteiger partial charge in [0.25, 0.3) is 0 Å². The standard InChI is InChI=1S/C29H26BN5O2/c1-34-19-31-28-24(34)17-26(32-27(20-10-6-4-7-11-20)21-12-8-5-9-13-21)33-29(28)35(30)18-22-14-15-23(36-2)16-25(22)37-3/h4-17,19H,18H2,1-3H3. The van der Waals surface area contributed by atoms with Crippen molar-refractivity contribution in [1.29, 1.82) is 0 Å². The molecule has 5 aromatic rings. The molecule has 182 valence electrons. The van der Waals surface area contributed by atoms with Crippen molar-refractivity contribution in [3.63, 3.8) is 0 Å². The number of rotatable bonds is 8. The summed E-state index contributed by atoms with van der Waals surface area (Å²) >= 11 is 0. The molecule has 0 saturated carbocycles. The normalized spacial score (nSPS) is 10.8. The first-order chi connectivity index (χ1) is 18.1. The van der Waals surface area contributed by atoms with Gasteiger partial charge < -0.3 is 18.9 Å². The molecule has 0 fully saturated rings. The summed E-state index contributed by atoms with van der Waals surface area (Å²) in [5.41, 5.74) is 5.27. The van der Waals surface area contributed by atoms with Crippen LogP contribution in [0.3, 0.4) is 0 Å². The molecule has 2 aromatic heterocycles. The quantitative estimate of drug-likeness (QED) is 0.221. The van der Waals surface area contributed by atoms with Crippen LogP contribution < -0.4 is 14.3 Å². The number of benzene rings is 3. The van der Waals surface area contributed by atoms with Crippen LogP contribution in [0.15, 0.2) is 96.2 Å². The van der Waals surface area contributed by atoms with Crippen molar-refractivity contribution in [2.75, 3.05) is 19.0 Å². The fourth-order valence-electron chi connectivity index (χ4n) is 4.20. The highest BCUT2D eigenvalue weighted by Crippen LogP contribution is 2.31. The molecule has 3 aromatic carbocycles. The molecule has 0 spiro atoms. The van der Waals surface area contributed by atoms with E-state index in [0.717, 1.165) is 27.9 Å². The molecule has 0 saturated heterocycles. The molecule has 8 heteroatoms. The lowest BCUT2D eigenvalue weighted by Gasteiger charge is -2.21. The maximum absolute atomic E-state index is 6.60. The third-order valence-electron chi connectivity index (χ3n) is 6.11. The maximum atomic E-state index is 6.60. The van der Waals surface area contributed by atoms with Crippen molar-refractivity contribution in [3.8, 4) is 11.5 Å². The highest BCUT2D eigenvalue weighted by molar-refractivity contribution is 6.19. The van der Waals surface area contributed by atoms with E-state index < -0.39 is 0 Å². The van der Waals surface area contributed by atoms with Gasteiger partial charge in [-0.3, -0.25) is 0 Å². The van der Waals surface area contributed by atoms with Gasteiger partial charge in [-0.25, -0.2) is 15.0 Å². The monoisotopic (exact) mass is 487 g/mol. The Bertz CT molecular complexity index is 1510. The molecule has 37 heavy (non-hydrogen) atoms. The summed E-state index contributed by atoms with van der Waals surface area (Å²) in [5.74, 6) is 2.44. The zero-order valence-electron chi connectivity index (χ0n) is 21.0. The number of pyridine rings is 1. The van der Waals surface area contributed by atoms with Crippen molar-refractivity contribution in [2.24, 2.45) is 12.0 Å². The number of aliphatic imine (C=N–C) groups is 1. The highest BCUT2D eigenvalue weighted by Gasteiger charge is 2.17. The summed E-state index contributed by atoms with van der Waals surface area (Å²) < 4.78 is 12.8. The molecule has 0 aliphatic rings. The minimum Gasteiger partial charge on any atom is -0.497 e. The first-order valence-corrected chi connectivity index (χ1v) is 11.8. The summed E-state index contributed by atoms with van der Waals surface area (Å²) in [6, 6.07) is 27.7. The number of anilines is 1. The van der Waals surface area contributed by atoms with E-state index in [1.165, 1.54) is 0 Å². The van der Waals surface area contributed by atoms with Crippen LogP contribution in [0.2, 0.25) is 0 Å². The zero-order valence-corrected chi connectivity index (χ0v) is 21.0. The number of ether oxygens (including phenoxy) is 2. The molecule has 5 rings (SSSR count). The molecule has 0 N–H and O–H groups in total. The highest BCUT2D eigenvalue weighted by atomic mass is 16.5. The van der Waals surface area contributed by atoms with Crippen LogP contribution in [-0.2, 0) is 13.6 Å². The molecule has 0 aliphatic carbocycles. The Morgan fingerprint density at radius 1 is 0.919 bits per heavy atom. The number of aryl methyl sites for hydroxylation is 1. The lowest BCUT2D eigenvalue weighted by Crippen LogP contribution is -2.20. The zero-order chi connectivity index (χ0) is 25.8. The molecule has 0 bridgehead atoms. The smallest absolute Gasteiger partial charge is 0.229 e. The Labute approximate surface area is 217 Å². The number of fused-ring (bicyclic) bond motifs is 1. The predicted molar refractivity (Wildman–Crippen MR) is 148 cm³/mol. The average Bonchev–Trinajstić information content (AvgIpc) is 3.32. The van der Waals surface area contributed by atoms with E-state index in [0.29, 0.717) is 35.2 Å². The van der Waals surface area contributed by atoms with Crippen molar-refractivity contribution in [1.82, 2.24) is 14.5 Å². The molecular weight excluding hydrogens is 461 g/mol. The molecule has 2 radical (unpaired) electrons. The molecule has 0 amide bonds. The number of hydrogen-bond acceptors (Lipinski definition) is 6. The van der Waals surface area contributed by atoms with Crippen molar-refractivity contribution in [2.45, 2.75) is 6.54 Å². The van der Waals surface area contributed by atoms with Gasteiger partial charge in [0.1, 0.15) is 22.8 Å². The summed E-state index contributed by atoms with van der Waals surface area (Å²) in [6.07, 6.45) is 1.75. The Morgan fingerprint density at radius 2 is 1.59 bits per heavy atom. The second-order valence-electron chi connectivity index (χ2n) is 8.53. The van der Waals surface area contributed by atoms with Gasteiger partial charge in [-0.1, -0.05) is 60.7 Å². The van der Waals surface area contributed by atoms with E-state index in [1.54, 1.807) is 25.4 Å². The van der Waals surface area contributed by atoms with E-state index in [1.807, 2.05) is 96.5 Å². The summed E-state index contributed by atoms with van der Waals surface area (Å²) in [5, 5.41) is 0. The number of nitrogens with zero attached hydrogens (tertiary/aromatic N) is 5. The largest absolute Gasteiger partial charge is 0.497 e. The van der Waals surface area contributed by atoms with Gasteiger partial charge in [0.15, 0.2) is 5.82 Å². The third kappa shape index (κ3) is 5.04. The van der Waals surface area contributed by atoms with Crippen LogP contribution in [0.25, 0.3) is 11.0 Å². The van der Waals surface area contributed by atoms with E-state index in [4.69, 9.17) is 27.4 Å². The predicted octanol–water partition coefficient (Wildman–Crippen LogP) is 5.24. The van der Waals surface area contributed by atoms with E-state index in [2.05, 4.69) is 4.98 Å². The van der Waals surface area contributed by atoms with E-state index in [9.17, 15) is 0 Å². The Hall–Kier alpha value is -4.59. The molecule has 2 heterocycles. The van der Waals surface area contributed by atoms with Crippen LogP contribution in [-0.4, -0.2) is 42.4 Å². The van der Waals surface area contributed by atoms with Crippen LogP contribution >= 0.6 is 0 Å². The first kappa shape index (κ1) is 24.1. The Balaban J connectivity index is 1.61. The minimum atomic E-state index is 0.350. The second-order valence-corrected chi connectivity index (χ2v) is 8.53.